The highest BCUT2D eigenvalue weighted by Gasteiger charge is 2.20. The van der Waals surface area contributed by atoms with Gasteiger partial charge in [0.25, 0.3) is 5.91 Å². The Morgan fingerprint density at radius 2 is 1.86 bits per heavy atom. The second-order valence-corrected chi connectivity index (χ2v) is 9.57. The van der Waals surface area contributed by atoms with E-state index >= 15 is 0 Å². The molecule has 1 saturated heterocycles. The van der Waals surface area contributed by atoms with Crippen LogP contribution in [-0.4, -0.2) is 60.7 Å². The van der Waals surface area contributed by atoms with Crippen LogP contribution >= 0.6 is 0 Å². The molecule has 1 aromatic carbocycles. The van der Waals surface area contributed by atoms with Crippen molar-refractivity contribution in [1.29, 1.82) is 0 Å². The highest BCUT2D eigenvalue weighted by molar-refractivity contribution is 5.94. The van der Waals surface area contributed by atoms with Crippen LogP contribution < -0.4 is 19.9 Å². The summed E-state index contributed by atoms with van der Waals surface area (Å²) in [5.41, 5.74) is 5.04. The zero-order chi connectivity index (χ0) is 31.2. The molecule has 2 aromatic rings. The molecular weight excluding hydrogens is 544 g/mol. The summed E-state index contributed by atoms with van der Waals surface area (Å²) < 4.78 is 26.0. The number of para-hydroxylation sites is 1. The van der Waals surface area contributed by atoms with E-state index in [2.05, 4.69) is 16.6 Å². The van der Waals surface area contributed by atoms with E-state index in [9.17, 15) is 14.4 Å². The number of ether oxygens (including phenoxy) is 5. The Hall–Kier alpha value is -3.86. The van der Waals surface area contributed by atoms with Gasteiger partial charge in [-0.05, 0) is 44.7 Å². The maximum absolute atomic E-state index is 11.5. The molecule has 0 radical (unpaired) electrons. The number of aliphatic hydroxyl groups is 1. The van der Waals surface area contributed by atoms with Gasteiger partial charge in [0.05, 0.1) is 7.11 Å². The number of pyridine rings is 1. The van der Waals surface area contributed by atoms with Gasteiger partial charge < -0.3 is 34.5 Å². The Labute approximate surface area is 248 Å². The lowest BCUT2D eigenvalue weighted by Gasteiger charge is -2.24. The Balaban J connectivity index is 0.000000355. The maximum atomic E-state index is 11.5. The molecule has 3 rings (SSSR count). The molecule has 0 spiro atoms. The largest absolute Gasteiger partial charge is 0.493 e. The molecule has 2 heterocycles. The second-order valence-electron chi connectivity index (χ2n) is 9.57. The third kappa shape index (κ3) is 15.8. The van der Waals surface area contributed by atoms with E-state index in [1.165, 1.54) is 32.7 Å². The van der Waals surface area contributed by atoms with Crippen molar-refractivity contribution in [2.24, 2.45) is 5.73 Å². The van der Waals surface area contributed by atoms with Crippen molar-refractivity contribution in [3.63, 3.8) is 0 Å². The number of hydrogen-bond donors (Lipinski definition) is 2. The summed E-state index contributed by atoms with van der Waals surface area (Å²) >= 11 is 0. The van der Waals surface area contributed by atoms with Crippen LogP contribution in [0, 0.1) is 0 Å². The maximum Gasteiger partial charge on any atom is 0.306 e. The molecule has 234 valence electrons. The van der Waals surface area contributed by atoms with Gasteiger partial charge in [0.2, 0.25) is 6.79 Å². The van der Waals surface area contributed by atoms with Gasteiger partial charge in [-0.15, -0.1) is 0 Å². The average Bonchev–Trinajstić information content (AvgIpc) is 2.96. The van der Waals surface area contributed by atoms with Gasteiger partial charge in [-0.2, -0.15) is 0 Å². The van der Waals surface area contributed by atoms with Crippen molar-refractivity contribution < 1.29 is 43.2 Å². The molecule has 11 nitrogen and oxygen atoms in total. The van der Waals surface area contributed by atoms with Crippen LogP contribution in [0.25, 0.3) is 0 Å². The Kier molecular flexibility index (Phi) is 18.8. The molecule has 1 fully saturated rings. The molecule has 42 heavy (non-hydrogen) atoms. The lowest BCUT2D eigenvalue weighted by atomic mass is 10.0. The predicted octanol–water partition coefficient (Wildman–Crippen LogP) is 4.98. The SMILES string of the molecule is CC1CC(Oc2ccccc2)CCCCCC(=O)O1.CCCCCO.COc1ccnc(C(N)=O)c1OCOC(C)=O. The monoisotopic (exact) mass is 590 g/mol. The molecule has 0 aliphatic carbocycles. The van der Waals surface area contributed by atoms with Crippen LogP contribution in [0.15, 0.2) is 42.6 Å². The van der Waals surface area contributed by atoms with E-state index < -0.39 is 11.9 Å². The third-order valence-corrected chi connectivity index (χ3v) is 5.93. The lowest BCUT2D eigenvalue weighted by molar-refractivity contribution is -0.150. The van der Waals surface area contributed by atoms with Gasteiger partial charge in [-0.1, -0.05) is 44.4 Å². The molecule has 1 aromatic heterocycles. The highest BCUT2D eigenvalue weighted by Crippen LogP contribution is 2.29. The van der Waals surface area contributed by atoms with Gasteiger partial charge in [-0.25, -0.2) is 4.98 Å². The van der Waals surface area contributed by atoms with E-state index in [0.29, 0.717) is 13.0 Å². The second kappa shape index (κ2) is 21.8. The summed E-state index contributed by atoms with van der Waals surface area (Å²) in [7, 11) is 1.40. The first-order valence-electron chi connectivity index (χ1n) is 14.3. The van der Waals surface area contributed by atoms with E-state index in [0.717, 1.165) is 50.7 Å². The fourth-order valence-electron chi connectivity index (χ4n) is 3.88. The van der Waals surface area contributed by atoms with Gasteiger partial charge in [0, 0.05) is 38.6 Å². The van der Waals surface area contributed by atoms with Crippen molar-refractivity contribution >= 4 is 17.8 Å². The van der Waals surface area contributed by atoms with Crippen molar-refractivity contribution in [1.82, 2.24) is 4.98 Å². The third-order valence-electron chi connectivity index (χ3n) is 5.93. The number of hydrogen-bond acceptors (Lipinski definition) is 10. The van der Waals surface area contributed by atoms with E-state index in [1.807, 2.05) is 37.3 Å². The van der Waals surface area contributed by atoms with Crippen LogP contribution in [0.5, 0.6) is 17.2 Å². The first kappa shape index (κ1) is 36.2. The number of carbonyl (C=O) groups excluding carboxylic acids is 3. The standard InChI is InChI=1S/C16H22O3.C10H12N2O5.C5H12O/c1-13-12-15(19-14-8-4-2-5-9-14)10-6-3-7-11-16(17)18-13;1-6(13)16-5-17-9-7(15-2)3-4-12-8(9)10(11)14;1-2-3-4-5-6/h2,4-5,8-9,13,15H,3,6-7,10-12H2,1H3;3-4H,5H2,1-2H3,(H2,11,14);6H,2-5H2,1H3. The number of carbonyl (C=O) groups is 3. The molecular formula is C31H46N2O9. The van der Waals surface area contributed by atoms with Crippen molar-refractivity contribution in [3.05, 3.63) is 48.3 Å². The number of unbranched alkanes of at least 4 members (excludes halogenated alkanes) is 2. The van der Waals surface area contributed by atoms with Crippen LogP contribution in [0.2, 0.25) is 0 Å². The van der Waals surface area contributed by atoms with E-state index in [4.69, 9.17) is 29.8 Å². The molecule has 0 saturated carbocycles. The van der Waals surface area contributed by atoms with Crippen LogP contribution in [0.3, 0.4) is 0 Å². The van der Waals surface area contributed by atoms with Crippen molar-refractivity contribution in [2.45, 2.75) is 90.8 Å². The number of esters is 2. The van der Waals surface area contributed by atoms with Crippen molar-refractivity contribution in [3.8, 4) is 17.2 Å². The molecule has 3 N–H and O–H groups in total. The smallest absolute Gasteiger partial charge is 0.306 e. The molecule has 1 aliphatic heterocycles. The first-order valence-corrected chi connectivity index (χ1v) is 14.3. The Bertz CT molecular complexity index is 1050. The summed E-state index contributed by atoms with van der Waals surface area (Å²) in [6, 6.07) is 11.4. The number of amides is 1. The Morgan fingerprint density at radius 1 is 1.12 bits per heavy atom. The van der Waals surface area contributed by atoms with Gasteiger partial charge >= 0.3 is 11.9 Å². The van der Waals surface area contributed by atoms with Gasteiger partial charge in [0.1, 0.15) is 18.0 Å². The number of nitrogens with two attached hydrogens (primary N) is 1. The summed E-state index contributed by atoms with van der Waals surface area (Å²) in [5, 5.41) is 8.20. The zero-order valence-electron chi connectivity index (χ0n) is 25.2. The number of nitrogens with zero attached hydrogens (tertiary/aromatic N) is 1. The number of methoxy groups -OCH3 is 1. The van der Waals surface area contributed by atoms with E-state index in [-0.39, 0.29) is 42.2 Å². The quantitative estimate of drug-likeness (QED) is 0.220. The summed E-state index contributed by atoms with van der Waals surface area (Å²) in [6.45, 7) is 5.31. The zero-order valence-corrected chi connectivity index (χ0v) is 25.2. The number of aromatic nitrogens is 1. The fraction of sp³-hybridized carbons (Fsp3) is 0.548. The van der Waals surface area contributed by atoms with Crippen LogP contribution in [0.1, 0.15) is 89.0 Å². The van der Waals surface area contributed by atoms with Gasteiger partial charge in [-0.3, -0.25) is 14.4 Å². The predicted molar refractivity (Wildman–Crippen MR) is 157 cm³/mol. The minimum atomic E-state index is -0.762. The molecule has 2 unspecified atom stereocenters. The molecule has 2 atom stereocenters. The number of rotatable bonds is 10. The molecule has 1 amide bonds. The van der Waals surface area contributed by atoms with Crippen LogP contribution in [0.4, 0.5) is 0 Å². The number of aliphatic hydroxyl groups excluding tert-OH is 1. The first-order chi connectivity index (χ1) is 20.2. The summed E-state index contributed by atoms with van der Waals surface area (Å²) in [5.74, 6) is -0.129. The fourth-order valence-corrected chi connectivity index (χ4v) is 3.88. The molecule has 0 bridgehead atoms. The molecule has 1 aliphatic rings. The topological polar surface area (TPSA) is 156 Å². The summed E-state index contributed by atoms with van der Waals surface area (Å²) in [6.07, 6.45) is 10.2. The number of benzene rings is 1. The number of primary amides is 1. The van der Waals surface area contributed by atoms with Crippen LogP contribution in [-0.2, 0) is 19.1 Å². The minimum absolute atomic E-state index is 0.0451. The normalized spacial score (nSPS) is 16.6. The molecule has 11 heteroatoms. The number of cyclic esters (lactones) is 1. The minimum Gasteiger partial charge on any atom is -0.493 e. The highest BCUT2D eigenvalue weighted by atomic mass is 16.7. The Morgan fingerprint density at radius 3 is 2.45 bits per heavy atom. The summed E-state index contributed by atoms with van der Waals surface area (Å²) in [4.78, 5) is 36.9. The van der Waals surface area contributed by atoms with Gasteiger partial charge in [0.15, 0.2) is 17.2 Å². The lowest BCUT2D eigenvalue weighted by Crippen LogP contribution is -2.26. The van der Waals surface area contributed by atoms with E-state index in [1.54, 1.807) is 0 Å². The average molecular weight is 591 g/mol. The van der Waals surface area contributed by atoms with Crippen molar-refractivity contribution in [2.75, 3.05) is 20.5 Å².